The van der Waals surface area contributed by atoms with Crippen LogP contribution in [0.3, 0.4) is 0 Å². The molecule has 0 radical (unpaired) electrons. The Hall–Kier alpha value is -3.19. The first-order chi connectivity index (χ1) is 14.7. The lowest BCUT2D eigenvalue weighted by molar-refractivity contribution is -0.139. The van der Waals surface area contributed by atoms with Crippen LogP contribution in [0.25, 0.3) is 5.76 Å². The van der Waals surface area contributed by atoms with Crippen molar-refractivity contribution in [3.8, 4) is 5.75 Å². The first-order valence-corrected chi connectivity index (χ1v) is 10.1. The number of benzene rings is 2. The van der Waals surface area contributed by atoms with Crippen molar-refractivity contribution in [2.45, 2.75) is 19.4 Å². The van der Waals surface area contributed by atoms with Crippen molar-refractivity contribution >= 4 is 17.4 Å². The lowest BCUT2D eigenvalue weighted by Gasteiger charge is -2.26. The fraction of sp³-hybridized carbons (Fsp3) is 0.333. The minimum absolute atomic E-state index is 0.0239. The predicted octanol–water partition coefficient (Wildman–Crippen LogP) is 3.52. The third-order valence-electron chi connectivity index (χ3n) is 5.36. The molecule has 1 aliphatic heterocycles. The van der Waals surface area contributed by atoms with Crippen molar-refractivity contribution < 1.29 is 23.8 Å². The van der Waals surface area contributed by atoms with E-state index in [4.69, 9.17) is 4.74 Å². The first-order valence-electron chi connectivity index (χ1n) is 10.1. The van der Waals surface area contributed by atoms with Crippen LogP contribution in [0, 0.1) is 12.7 Å². The number of nitrogens with zero attached hydrogens (tertiary/aromatic N) is 2. The number of ether oxygens (including phenoxy) is 1. The highest BCUT2D eigenvalue weighted by Gasteiger charge is 2.45. The van der Waals surface area contributed by atoms with Gasteiger partial charge in [-0.2, -0.15) is 0 Å². The summed E-state index contributed by atoms with van der Waals surface area (Å²) in [5, 5.41) is 11.0. The largest absolute Gasteiger partial charge is 0.507 e. The van der Waals surface area contributed by atoms with E-state index in [2.05, 4.69) is 0 Å². The minimum Gasteiger partial charge on any atom is -0.507 e. The number of hydrogen-bond acceptors (Lipinski definition) is 5. The average molecular weight is 426 g/mol. The summed E-state index contributed by atoms with van der Waals surface area (Å²) >= 11 is 0. The Morgan fingerprint density at radius 2 is 1.84 bits per heavy atom. The summed E-state index contributed by atoms with van der Waals surface area (Å²) in [6, 6.07) is 10.7. The second kappa shape index (κ2) is 9.31. The standard InChI is InChI=1S/C24H27FN2O4/c1-15-6-8-16(9-7-15)21-20(22(28)17-10-11-19(31-4)18(25)14-17)23(29)24(30)27(21)13-5-12-26(2)3/h6-11,14,21,28H,5,12-13H2,1-4H3/t21-/m1/s1. The number of halogens is 1. The molecular weight excluding hydrogens is 399 g/mol. The van der Waals surface area contributed by atoms with Gasteiger partial charge in [0.2, 0.25) is 0 Å². The molecule has 0 unspecified atom stereocenters. The Labute approximate surface area is 181 Å². The second-order valence-electron chi connectivity index (χ2n) is 7.91. The van der Waals surface area contributed by atoms with Gasteiger partial charge in [-0.05, 0) is 57.7 Å². The van der Waals surface area contributed by atoms with Crippen LogP contribution in [0.4, 0.5) is 4.39 Å². The van der Waals surface area contributed by atoms with Gasteiger partial charge in [0.25, 0.3) is 11.7 Å². The van der Waals surface area contributed by atoms with E-state index >= 15 is 0 Å². The van der Waals surface area contributed by atoms with Gasteiger partial charge in [0, 0.05) is 12.1 Å². The van der Waals surface area contributed by atoms with Crippen molar-refractivity contribution in [3.63, 3.8) is 0 Å². The molecule has 0 spiro atoms. The predicted molar refractivity (Wildman–Crippen MR) is 116 cm³/mol. The third kappa shape index (κ3) is 4.61. The number of amides is 1. The zero-order valence-corrected chi connectivity index (χ0v) is 18.2. The smallest absolute Gasteiger partial charge is 0.295 e. The highest BCUT2D eigenvalue weighted by molar-refractivity contribution is 6.46. The number of aliphatic hydroxyl groups excluding tert-OH is 1. The molecule has 2 aromatic rings. The number of carbonyl (C=O) groups excluding carboxylic acids is 2. The Morgan fingerprint density at radius 1 is 1.16 bits per heavy atom. The highest BCUT2D eigenvalue weighted by Crippen LogP contribution is 2.39. The number of aliphatic hydroxyl groups is 1. The van der Waals surface area contributed by atoms with Crippen LogP contribution in [0.1, 0.15) is 29.2 Å². The van der Waals surface area contributed by atoms with E-state index in [1.54, 1.807) is 0 Å². The van der Waals surface area contributed by atoms with Gasteiger partial charge in [-0.1, -0.05) is 29.8 Å². The van der Waals surface area contributed by atoms with Crippen LogP contribution in [0.15, 0.2) is 48.0 Å². The fourth-order valence-corrected chi connectivity index (χ4v) is 3.73. The molecule has 7 heteroatoms. The van der Waals surface area contributed by atoms with Crippen LogP contribution in [0.5, 0.6) is 5.75 Å². The minimum atomic E-state index is -0.774. The van der Waals surface area contributed by atoms with Crippen molar-refractivity contribution in [2.24, 2.45) is 0 Å². The molecule has 1 N–H and O–H groups in total. The Kier molecular flexibility index (Phi) is 6.75. The number of hydrogen-bond donors (Lipinski definition) is 1. The van der Waals surface area contributed by atoms with Crippen LogP contribution in [0.2, 0.25) is 0 Å². The van der Waals surface area contributed by atoms with Crippen molar-refractivity contribution in [3.05, 3.63) is 70.5 Å². The van der Waals surface area contributed by atoms with Gasteiger partial charge in [-0.3, -0.25) is 9.59 Å². The molecule has 1 fully saturated rings. The van der Waals surface area contributed by atoms with Gasteiger partial charge in [0.15, 0.2) is 11.6 Å². The van der Waals surface area contributed by atoms with Crippen LogP contribution in [-0.4, -0.2) is 60.9 Å². The van der Waals surface area contributed by atoms with E-state index in [1.165, 1.54) is 24.1 Å². The molecule has 2 aromatic carbocycles. The molecule has 1 atom stereocenters. The third-order valence-corrected chi connectivity index (χ3v) is 5.36. The number of carbonyl (C=O) groups is 2. The molecule has 0 aromatic heterocycles. The zero-order valence-electron chi connectivity index (χ0n) is 18.2. The SMILES string of the molecule is COc1ccc(C(O)=C2C(=O)C(=O)N(CCCN(C)C)[C@@H]2c2ccc(C)cc2)cc1F. The maximum Gasteiger partial charge on any atom is 0.295 e. The molecular formula is C24H27FN2O4. The van der Waals surface area contributed by atoms with Gasteiger partial charge < -0.3 is 19.6 Å². The number of rotatable bonds is 7. The lowest BCUT2D eigenvalue weighted by Crippen LogP contribution is -2.32. The molecule has 3 rings (SSSR count). The molecule has 1 aliphatic rings. The molecule has 6 nitrogen and oxygen atoms in total. The molecule has 0 aliphatic carbocycles. The second-order valence-corrected chi connectivity index (χ2v) is 7.91. The Balaban J connectivity index is 2.10. The molecule has 1 heterocycles. The highest BCUT2D eigenvalue weighted by atomic mass is 19.1. The number of Topliss-reactive ketones (excluding diaryl/α,β-unsaturated/α-hetero) is 1. The molecule has 0 saturated carbocycles. The Morgan fingerprint density at radius 3 is 2.42 bits per heavy atom. The normalized spacial score (nSPS) is 18.1. The maximum absolute atomic E-state index is 14.2. The summed E-state index contributed by atoms with van der Waals surface area (Å²) in [4.78, 5) is 29.3. The van der Waals surface area contributed by atoms with Crippen LogP contribution < -0.4 is 4.74 Å². The van der Waals surface area contributed by atoms with Crippen LogP contribution >= 0.6 is 0 Å². The molecule has 1 amide bonds. The number of aryl methyl sites for hydroxylation is 1. The average Bonchev–Trinajstić information content (AvgIpc) is 2.98. The maximum atomic E-state index is 14.2. The van der Waals surface area contributed by atoms with E-state index in [-0.39, 0.29) is 16.9 Å². The molecule has 31 heavy (non-hydrogen) atoms. The van der Waals surface area contributed by atoms with E-state index in [9.17, 15) is 19.1 Å². The quantitative estimate of drug-likeness (QED) is 0.417. The van der Waals surface area contributed by atoms with Crippen molar-refractivity contribution in [1.29, 1.82) is 0 Å². The number of likely N-dealkylation sites (tertiary alicyclic amines) is 1. The van der Waals surface area contributed by atoms with Crippen molar-refractivity contribution in [2.75, 3.05) is 34.3 Å². The van der Waals surface area contributed by atoms with Gasteiger partial charge in [-0.15, -0.1) is 0 Å². The Bertz CT molecular complexity index is 1010. The van der Waals surface area contributed by atoms with Gasteiger partial charge >= 0.3 is 0 Å². The zero-order chi connectivity index (χ0) is 22.7. The van der Waals surface area contributed by atoms with Crippen molar-refractivity contribution in [1.82, 2.24) is 9.80 Å². The van der Waals surface area contributed by atoms with E-state index in [1.807, 2.05) is 50.2 Å². The molecule has 164 valence electrons. The summed E-state index contributed by atoms with van der Waals surface area (Å²) in [5.41, 5.74) is 1.82. The molecule has 1 saturated heterocycles. The van der Waals surface area contributed by atoms with Crippen LogP contribution in [-0.2, 0) is 9.59 Å². The van der Waals surface area contributed by atoms with Gasteiger partial charge in [0.05, 0.1) is 18.7 Å². The first kappa shape index (κ1) is 22.5. The monoisotopic (exact) mass is 426 g/mol. The van der Waals surface area contributed by atoms with E-state index in [0.29, 0.717) is 18.5 Å². The lowest BCUT2D eigenvalue weighted by atomic mass is 9.94. The van der Waals surface area contributed by atoms with Gasteiger partial charge in [0.1, 0.15) is 5.76 Å². The number of ketones is 1. The summed E-state index contributed by atoms with van der Waals surface area (Å²) in [6.07, 6.45) is 0.666. The van der Waals surface area contributed by atoms with Gasteiger partial charge in [-0.25, -0.2) is 4.39 Å². The summed E-state index contributed by atoms with van der Waals surface area (Å²) in [6.45, 7) is 3.04. The number of methoxy groups -OCH3 is 1. The summed E-state index contributed by atoms with van der Waals surface area (Å²) < 4.78 is 19.1. The molecule has 0 bridgehead atoms. The fourth-order valence-electron chi connectivity index (χ4n) is 3.73. The summed E-state index contributed by atoms with van der Waals surface area (Å²) in [5.74, 6) is -2.49. The van der Waals surface area contributed by atoms with E-state index < -0.39 is 29.3 Å². The van der Waals surface area contributed by atoms with E-state index in [0.717, 1.165) is 18.2 Å². The topological polar surface area (TPSA) is 70.1 Å². The summed E-state index contributed by atoms with van der Waals surface area (Å²) in [7, 11) is 5.21.